The van der Waals surface area contributed by atoms with Gasteiger partial charge in [0.15, 0.2) is 0 Å². The molecule has 40 heavy (non-hydrogen) atoms. The van der Waals surface area contributed by atoms with Gasteiger partial charge in [-0.3, -0.25) is 9.69 Å². The number of halogens is 1. The number of rotatable bonds is 9. The molecular formula is C35H61ClN2O2. The highest BCUT2D eigenvalue weighted by Gasteiger charge is 2.59. The first kappa shape index (κ1) is 32.3. The summed E-state index contributed by atoms with van der Waals surface area (Å²) in [6, 6.07) is 0. The van der Waals surface area contributed by atoms with Crippen LogP contribution in [0.15, 0.2) is 11.6 Å². The zero-order chi connectivity index (χ0) is 27.8. The second-order valence-corrected chi connectivity index (χ2v) is 15.3. The minimum atomic E-state index is -0.0157. The summed E-state index contributed by atoms with van der Waals surface area (Å²) >= 11 is 0. The van der Waals surface area contributed by atoms with E-state index in [-0.39, 0.29) is 24.5 Å². The molecule has 1 heterocycles. The quantitative estimate of drug-likeness (QED) is 0.224. The van der Waals surface area contributed by atoms with Crippen LogP contribution in [0.5, 0.6) is 0 Å². The molecule has 0 radical (unpaired) electrons. The van der Waals surface area contributed by atoms with E-state index in [9.17, 15) is 4.79 Å². The lowest BCUT2D eigenvalue weighted by atomic mass is 9.47. The van der Waals surface area contributed by atoms with Gasteiger partial charge in [0.2, 0.25) is 0 Å². The highest BCUT2D eigenvalue weighted by Crippen LogP contribution is 2.67. The van der Waals surface area contributed by atoms with Crippen LogP contribution >= 0.6 is 12.4 Å². The van der Waals surface area contributed by atoms with Gasteiger partial charge in [-0.05, 0) is 104 Å². The molecule has 4 aliphatic carbocycles. The lowest BCUT2D eigenvalue weighted by Crippen LogP contribution is -2.51. The fourth-order valence-corrected chi connectivity index (χ4v) is 10.7. The summed E-state index contributed by atoms with van der Waals surface area (Å²) in [4.78, 5) is 15.0. The third kappa shape index (κ3) is 6.35. The van der Waals surface area contributed by atoms with Gasteiger partial charge in [0.05, 0.1) is 6.54 Å². The standard InChI is InChI=1S/C35H60N2O2.ClH/c1-7-26(24(2)3)9-8-25(4)30-12-13-31-29-11-10-27-22-28(39-33(38)23-37-20-18-36-19-21-37)14-16-34(27,5)32(29)15-17-35(30,31)6;/h10,24-26,28-32,36H,7-9,11-23H2,1-6H3;1H/t25-,26-,28+,29+,30-,31+,32+,34+,35-;/m1./s1. The molecule has 1 saturated heterocycles. The largest absolute Gasteiger partial charge is 0.461 e. The van der Waals surface area contributed by atoms with Gasteiger partial charge in [-0.1, -0.05) is 66.0 Å². The number of carbonyl (C=O) groups is 1. The molecule has 9 atom stereocenters. The van der Waals surface area contributed by atoms with Crippen LogP contribution < -0.4 is 5.32 Å². The molecule has 5 aliphatic rings. The maximum atomic E-state index is 12.7. The molecule has 1 N–H and O–H groups in total. The molecule has 5 heteroatoms. The van der Waals surface area contributed by atoms with Crippen LogP contribution in [0.4, 0.5) is 0 Å². The van der Waals surface area contributed by atoms with Crippen molar-refractivity contribution in [1.82, 2.24) is 10.2 Å². The maximum absolute atomic E-state index is 12.7. The van der Waals surface area contributed by atoms with Crippen LogP contribution in [0.1, 0.15) is 112 Å². The van der Waals surface area contributed by atoms with Gasteiger partial charge < -0.3 is 10.1 Å². The van der Waals surface area contributed by atoms with Crippen molar-refractivity contribution in [1.29, 1.82) is 0 Å². The van der Waals surface area contributed by atoms with E-state index in [4.69, 9.17) is 4.74 Å². The molecule has 4 fully saturated rings. The van der Waals surface area contributed by atoms with Gasteiger partial charge in [-0.15, -0.1) is 12.4 Å². The van der Waals surface area contributed by atoms with Gasteiger partial charge in [0.25, 0.3) is 0 Å². The lowest BCUT2D eigenvalue weighted by Gasteiger charge is -2.58. The van der Waals surface area contributed by atoms with Crippen molar-refractivity contribution in [3.63, 3.8) is 0 Å². The number of hydrogen-bond donors (Lipinski definition) is 1. The molecule has 0 bridgehead atoms. The zero-order valence-electron chi connectivity index (χ0n) is 26.7. The van der Waals surface area contributed by atoms with Crippen LogP contribution in [-0.2, 0) is 9.53 Å². The van der Waals surface area contributed by atoms with Crippen LogP contribution in [0.2, 0.25) is 0 Å². The minimum Gasteiger partial charge on any atom is -0.461 e. The molecule has 5 rings (SSSR count). The summed E-state index contributed by atoms with van der Waals surface area (Å²) in [5.74, 6) is 6.06. The highest BCUT2D eigenvalue weighted by atomic mass is 35.5. The molecule has 0 amide bonds. The third-order valence-corrected chi connectivity index (χ3v) is 13.1. The van der Waals surface area contributed by atoms with E-state index < -0.39 is 0 Å². The molecule has 0 aromatic carbocycles. The van der Waals surface area contributed by atoms with Gasteiger partial charge in [0.1, 0.15) is 6.10 Å². The minimum absolute atomic E-state index is 0. The van der Waals surface area contributed by atoms with E-state index in [1.165, 1.54) is 57.8 Å². The van der Waals surface area contributed by atoms with Crippen molar-refractivity contribution in [2.75, 3.05) is 32.7 Å². The van der Waals surface area contributed by atoms with Crippen molar-refractivity contribution in [2.45, 2.75) is 118 Å². The summed E-state index contributed by atoms with van der Waals surface area (Å²) in [7, 11) is 0. The summed E-state index contributed by atoms with van der Waals surface area (Å²) in [6.45, 7) is 19.4. The van der Waals surface area contributed by atoms with E-state index in [1.807, 2.05) is 0 Å². The Morgan fingerprint density at radius 2 is 1.80 bits per heavy atom. The van der Waals surface area contributed by atoms with Crippen molar-refractivity contribution in [3.05, 3.63) is 11.6 Å². The number of hydrogen-bond acceptors (Lipinski definition) is 4. The second kappa shape index (κ2) is 13.4. The molecule has 0 spiro atoms. The van der Waals surface area contributed by atoms with Crippen LogP contribution in [-0.4, -0.2) is 49.7 Å². The number of esters is 1. The summed E-state index contributed by atoms with van der Waals surface area (Å²) in [5, 5.41) is 3.37. The first-order chi connectivity index (χ1) is 18.7. The Morgan fingerprint density at radius 3 is 2.50 bits per heavy atom. The summed E-state index contributed by atoms with van der Waals surface area (Å²) in [5.41, 5.74) is 2.49. The number of allylic oxidation sites excluding steroid dienone is 1. The van der Waals surface area contributed by atoms with E-state index in [0.717, 1.165) is 80.4 Å². The molecule has 0 aromatic heterocycles. The first-order valence-corrected chi connectivity index (χ1v) is 17.0. The van der Waals surface area contributed by atoms with Gasteiger partial charge in [-0.2, -0.15) is 0 Å². The first-order valence-electron chi connectivity index (χ1n) is 17.0. The normalized spacial score (nSPS) is 39.3. The van der Waals surface area contributed by atoms with E-state index in [2.05, 4.69) is 57.8 Å². The molecule has 0 unspecified atom stereocenters. The van der Waals surface area contributed by atoms with Crippen molar-refractivity contribution in [3.8, 4) is 0 Å². The smallest absolute Gasteiger partial charge is 0.320 e. The lowest BCUT2D eigenvalue weighted by molar-refractivity contribution is -0.153. The number of fused-ring (bicyclic) bond motifs is 5. The highest BCUT2D eigenvalue weighted by molar-refractivity contribution is 5.85. The van der Waals surface area contributed by atoms with Crippen molar-refractivity contribution in [2.24, 2.45) is 52.3 Å². The Labute approximate surface area is 252 Å². The van der Waals surface area contributed by atoms with Gasteiger partial charge in [-0.25, -0.2) is 0 Å². The second-order valence-electron chi connectivity index (χ2n) is 15.3. The van der Waals surface area contributed by atoms with Crippen LogP contribution in [0.3, 0.4) is 0 Å². The number of carbonyl (C=O) groups excluding carboxylic acids is 1. The SMILES string of the molecule is CC[C@H](CC[C@@H](C)[C@H]1CC[C@H]2[C@@H]3CC=C4C[C@@H](OC(=O)CN5CCNCC5)CC[C@]4(C)[C@H]3CC[C@]12C)C(C)C.Cl. The van der Waals surface area contributed by atoms with Crippen molar-refractivity contribution >= 4 is 18.4 Å². The Balaban J connectivity index is 0.00000370. The molecule has 0 aromatic rings. The van der Waals surface area contributed by atoms with Gasteiger partial charge in [0, 0.05) is 32.6 Å². The fraction of sp³-hybridized carbons (Fsp3) is 0.914. The van der Waals surface area contributed by atoms with E-state index in [0.29, 0.717) is 17.4 Å². The Hall–Kier alpha value is -0.580. The Bertz CT molecular complexity index is 885. The predicted molar refractivity (Wildman–Crippen MR) is 169 cm³/mol. The summed E-state index contributed by atoms with van der Waals surface area (Å²) < 4.78 is 6.07. The van der Waals surface area contributed by atoms with Crippen LogP contribution in [0.25, 0.3) is 0 Å². The third-order valence-electron chi connectivity index (χ3n) is 13.1. The molecule has 4 nitrogen and oxygen atoms in total. The molecule has 1 aliphatic heterocycles. The molecular weight excluding hydrogens is 516 g/mol. The molecule has 3 saturated carbocycles. The predicted octanol–water partition coefficient (Wildman–Crippen LogP) is 7.90. The summed E-state index contributed by atoms with van der Waals surface area (Å²) in [6.07, 6.45) is 17.1. The number of piperazine rings is 1. The fourth-order valence-electron chi connectivity index (χ4n) is 10.7. The van der Waals surface area contributed by atoms with E-state index >= 15 is 0 Å². The van der Waals surface area contributed by atoms with Gasteiger partial charge >= 0.3 is 5.97 Å². The monoisotopic (exact) mass is 576 g/mol. The van der Waals surface area contributed by atoms with Crippen LogP contribution in [0, 0.1) is 52.3 Å². The Kier molecular flexibility index (Phi) is 10.8. The molecule has 230 valence electrons. The number of ether oxygens (including phenoxy) is 1. The number of nitrogens with one attached hydrogen (secondary N) is 1. The topological polar surface area (TPSA) is 41.6 Å². The average Bonchev–Trinajstić information content (AvgIpc) is 3.27. The number of nitrogens with zero attached hydrogens (tertiary/aromatic N) is 1. The zero-order valence-corrected chi connectivity index (χ0v) is 27.5. The Morgan fingerprint density at radius 1 is 1.05 bits per heavy atom. The maximum Gasteiger partial charge on any atom is 0.320 e. The average molecular weight is 577 g/mol. The van der Waals surface area contributed by atoms with E-state index in [1.54, 1.807) is 5.57 Å². The van der Waals surface area contributed by atoms with Crippen molar-refractivity contribution < 1.29 is 9.53 Å².